The second kappa shape index (κ2) is 12.0. The molecule has 0 atom stereocenters. The molecular formula is C42H26N4Pt. The van der Waals surface area contributed by atoms with Crippen molar-refractivity contribution in [3.8, 4) is 22.3 Å². The predicted octanol–water partition coefficient (Wildman–Crippen LogP) is 10.3. The molecule has 0 aliphatic heterocycles. The first-order valence-electron chi connectivity index (χ1n) is 15.4. The Balaban J connectivity index is 0.00000324. The Kier molecular flexibility index (Phi) is 7.36. The van der Waals surface area contributed by atoms with Gasteiger partial charge in [0.05, 0.1) is 22.1 Å². The first-order chi connectivity index (χ1) is 22.8. The topological polar surface area (TPSA) is 54.0 Å². The molecule has 6 aromatic carbocycles. The molecule has 0 N–H and O–H groups in total. The Hall–Kier alpha value is -5.57. The van der Waals surface area contributed by atoms with Crippen LogP contribution in [0.2, 0.25) is 0 Å². The first-order valence-corrected chi connectivity index (χ1v) is 15.4. The fourth-order valence-electron chi connectivity index (χ4n) is 6.45. The Labute approximate surface area is 285 Å². The molecule has 9 aromatic rings. The van der Waals surface area contributed by atoms with Crippen molar-refractivity contribution in [1.29, 1.82) is 0 Å². The van der Waals surface area contributed by atoms with E-state index in [1.807, 2.05) is 60.7 Å². The molecular weight excluding hydrogens is 756 g/mol. The zero-order chi connectivity index (χ0) is 30.5. The molecule has 0 saturated carbocycles. The van der Waals surface area contributed by atoms with Crippen LogP contribution in [0.4, 0.5) is 0 Å². The first kappa shape index (κ1) is 28.9. The van der Waals surface area contributed by atoms with Gasteiger partial charge in [-0.25, -0.2) is 9.97 Å². The molecule has 3 heterocycles. The van der Waals surface area contributed by atoms with Gasteiger partial charge < -0.3 is 9.97 Å². The predicted molar refractivity (Wildman–Crippen MR) is 191 cm³/mol. The summed E-state index contributed by atoms with van der Waals surface area (Å²) in [5, 5.41) is 4.00. The summed E-state index contributed by atoms with van der Waals surface area (Å²) in [7, 11) is 0. The van der Waals surface area contributed by atoms with Crippen molar-refractivity contribution >= 4 is 65.7 Å². The normalized spacial score (nSPS) is 11.2. The number of rotatable bonds is 2. The third-order valence-electron chi connectivity index (χ3n) is 8.65. The van der Waals surface area contributed by atoms with E-state index in [1.165, 1.54) is 0 Å². The van der Waals surface area contributed by atoms with E-state index in [0.717, 1.165) is 87.9 Å². The summed E-state index contributed by atoms with van der Waals surface area (Å²) in [5.74, 6) is 0. The van der Waals surface area contributed by atoms with E-state index >= 15 is 0 Å². The summed E-state index contributed by atoms with van der Waals surface area (Å²) in [6, 6.07) is 54.3. The Morgan fingerprint density at radius 1 is 0.340 bits per heavy atom. The third-order valence-corrected chi connectivity index (χ3v) is 8.65. The Morgan fingerprint density at radius 2 is 0.702 bits per heavy atom. The molecule has 0 aliphatic rings. The van der Waals surface area contributed by atoms with Gasteiger partial charge in [0.25, 0.3) is 0 Å². The smallest absolute Gasteiger partial charge is 0.658 e. The van der Waals surface area contributed by atoms with Crippen molar-refractivity contribution in [2.75, 3.05) is 0 Å². The van der Waals surface area contributed by atoms with Gasteiger partial charge in [-0.3, -0.25) is 0 Å². The molecule has 0 fully saturated rings. The zero-order valence-corrected chi connectivity index (χ0v) is 27.4. The van der Waals surface area contributed by atoms with Crippen LogP contribution in [0.15, 0.2) is 158 Å². The molecule has 0 radical (unpaired) electrons. The van der Waals surface area contributed by atoms with Crippen LogP contribution in [0.25, 0.3) is 87.9 Å². The van der Waals surface area contributed by atoms with Crippen molar-refractivity contribution in [2.45, 2.75) is 0 Å². The van der Waals surface area contributed by atoms with E-state index in [-0.39, 0.29) is 21.1 Å². The molecule has 0 unspecified atom stereocenters. The van der Waals surface area contributed by atoms with E-state index in [0.29, 0.717) is 0 Å². The second-order valence-corrected chi connectivity index (χ2v) is 11.4. The number of fused-ring (bicyclic) bond motifs is 7. The summed E-state index contributed by atoms with van der Waals surface area (Å²) in [6.07, 6.45) is 0. The van der Waals surface area contributed by atoms with Crippen LogP contribution in [0.3, 0.4) is 0 Å². The molecule has 0 aliphatic carbocycles. The quantitative estimate of drug-likeness (QED) is 0.164. The van der Waals surface area contributed by atoms with Gasteiger partial charge in [0, 0.05) is 10.8 Å². The van der Waals surface area contributed by atoms with E-state index < -0.39 is 0 Å². The summed E-state index contributed by atoms with van der Waals surface area (Å²) in [4.78, 5) is 21.2. The Bertz CT molecular complexity index is 2510. The van der Waals surface area contributed by atoms with E-state index in [4.69, 9.17) is 19.9 Å². The van der Waals surface area contributed by atoms with Crippen LogP contribution < -0.4 is 9.97 Å². The minimum absolute atomic E-state index is 0. The van der Waals surface area contributed by atoms with Crippen LogP contribution in [0.1, 0.15) is 0 Å². The molecule has 9 rings (SSSR count). The molecule has 0 saturated heterocycles. The number of hydrogen-bond donors (Lipinski definition) is 0. The van der Waals surface area contributed by atoms with Gasteiger partial charge in [0.15, 0.2) is 0 Å². The summed E-state index contributed by atoms with van der Waals surface area (Å²) < 4.78 is 0. The van der Waals surface area contributed by atoms with Gasteiger partial charge in [0.2, 0.25) is 0 Å². The molecule has 4 nitrogen and oxygen atoms in total. The van der Waals surface area contributed by atoms with E-state index in [2.05, 4.69) is 97.1 Å². The van der Waals surface area contributed by atoms with Crippen LogP contribution >= 0.6 is 0 Å². The van der Waals surface area contributed by atoms with Gasteiger partial charge in [-0.15, -0.1) is 11.0 Å². The average molecular weight is 782 g/mol. The van der Waals surface area contributed by atoms with Gasteiger partial charge >= 0.3 is 21.1 Å². The minimum atomic E-state index is 0. The number of nitrogens with zero attached hydrogens (tertiary/aromatic N) is 4. The third kappa shape index (κ3) is 5.08. The Morgan fingerprint density at radius 3 is 1.13 bits per heavy atom. The van der Waals surface area contributed by atoms with Crippen LogP contribution in [0, 0.1) is 0 Å². The average Bonchev–Trinajstić information content (AvgIpc) is 3.12. The number of hydrogen-bond acceptors (Lipinski definition) is 2. The van der Waals surface area contributed by atoms with E-state index in [1.54, 1.807) is 0 Å². The van der Waals surface area contributed by atoms with Crippen molar-refractivity contribution < 1.29 is 21.1 Å². The van der Waals surface area contributed by atoms with E-state index in [9.17, 15) is 0 Å². The number of pyridine rings is 2. The van der Waals surface area contributed by atoms with Gasteiger partial charge in [-0.2, -0.15) is 11.0 Å². The SMILES string of the molecule is [Pt+2].c1ccc(-c2cc3nc4c2ccc2c(-c5ccccc5)cc(nc24)c2ccccc2[n-]c2ccccc2[n-]c2ccccc32)cc1. The van der Waals surface area contributed by atoms with Crippen LogP contribution in [-0.4, -0.2) is 9.97 Å². The fraction of sp³-hybridized carbons (Fsp3) is 0. The summed E-state index contributed by atoms with van der Waals surface area (Å²) in [6.45, 7) is 0. The summed E-state index contributed by atoms with van der Waals surface area (Å²) >= 11 is 0. The maximum Gasteiger partial charge on any atom is 2.00 e. The van der Waals surface area contributed by atoms with Crippen LogP contribution in [0.5, 0.6) is 0 Å². The number of para-hydroxylation sites is 4. The molecule has 224 valence electrons. The molecule has 5 heteroatoms. The standard InChI is InChI=1S/C42H26N4.Pt/c1-3-13-27(14-4-1)33-25-39-31-17-7-9-19-35(31)43-37-21-11-12-22-38(37)44-36-20-10-8-18-32(36)40-26-34(28-15-5-2-6-16-28)30-24-23-29(33)41(45-39)42(30)46-40;/h1-26H;/q-2;+2. The van der Waals surface area contributed by atoms with Crippen molar-refractivity contribution in [3.05, 3.63) is 158 Å². The molecule has 0 spiro atoms. The second-order valence-electron chi connectivity index (χ2n) is 11.4. The van der Waals surface area contributed by atoms with Gasteiger partial charge in [-0.1, -0.05) is 146 Å². The van der Waals surface area contributed by atoms with Crippen molar-refractivity contribution in [2.24, 2.45) is 0 Å². The largest absolute Gasteiger partial charge is 2.00 e. The van der Waals surface area contributed by atoms with Crippen LogP contribution in [-0.2, 0) is 21.1 Å². The molecule has 0 amide bonds. The molecule has 3 aromatic heterocycles. The minimum Gasteiger partial charge on any atom is -0.658 e. The summed E-state index contributed by atoms with van der Waals surface area (Å²) in [5.41, 5.74) is 11.1. The van der Waals surface area contributed by atoms with Gasteiger partial charge in [0.1, 0.15) is 0 Å². The van der Waals surface area contributed by atoms with Gasteiger partial charge in [-0.05, 0) is 45.2 Å². The maximum absolute atomic E-state index is 5.42. The van der Waals surface area contributed by atoms with Crippen molar-refractivity contribution in [3.63, 3.8) is 0 Å². The van der Waals surface area contributed by atoms with Crippen molar-refractivity contribution in [1.82, 2.24) is 19.9 Å². The maximum atomic E-state index is 5.42. The number of benzene rings is 6. The molecule has 47 heavy (non-hydrogen) atoms. The fourth-order valence-corrected chi connectivity index (χ4v) is 6.45. The monoisotopic (exact) mass is 781 g/mol. The number of aromatic nitrogens is 4. The molecule has 4 bridgehead atoms. The zero-order valence-electron chi connectivity index (χ0n) is 25.1.